The second-order valence-electron chi connectivity index (χ2n) is 8.65. The van der Waals surface area contributed by atoms with Gasteiger partial charge in [0.15, 0.2) is 9.84 Å². The molecule has 0 bridgehead atoms. The molecule has 7 nitrogen and oxygen atoms in total. The van der Waals surface area contributed by atoms with E-state index >= 15 is 0 Å². The van der Waals surface area contributed by atoms with Crippen molar-refractivity contribution in [3.8, 4) is 0 Å². The summed E-state index contributed by atoms with van der Waals surface area (Å²) in [4.78, 5) is 13.9. The third-order valence-corrected chi connectivity index (χ3v) is 8.93. The summed E-state index contributed by atoms with van der Waals surface area (Å²) in [7, 11) is -7.63. The van der Waals surface area contributed by atoms with Crippen LogP contribution >= 0.6 is 0 Å². The lowest BCUT2D eigenvalue weighted by Gasteiger charge is -2.39. The lowest BCUT2D eigenvalue weighted by molar-refractivity contribution is -0.138. The zero-order valence-corrected chi connectivity index (χ0v) is 20.1. The van der Waals surface area contributed by atoms with E-state index in [9.17, 15) is 34.8 Å². The Morgan fingerprint density at radius 3 is 2.19 bits per heavy atom. The standard InChI is InChI=1S/C20H29F3N2O5S2/c1-5-17(32(29,30)16-8-6-7-15(13-16)20(21,22)23)14-9-11-25(12-10-14)18(26)19(2,3)24-31(4,27)28/h6-8,13-14,17,24H,5,9-12H2,1-4H3. The van der Waals surface area contributed by atoms with Gasteiger partial charge in [-0.3, -0.25) is 4.79 Å². The van der Waals surface area contributed by atoms with Crippen molar-refractivity contribution in [2.24, 2.45) is 5.92 Å². The molecule has 1 saturated heterocycles. The summed E-state index contributed by atoms with van der Waals surface area (Å²) in [5.74, 6) is -0.760. The van der Waals surface area contributed by atoms with Gasteiger partial charge in [0.05, 0.1) is 22.0 Å². The Hall–Kier alpha value is -1.66. The molecule has 0 aromatic heterocycles. The predicted molar refractivity (Wildman–Crippen MR) is 114 cm³/mol. The summed E-state index contributed by atoms with van der Waals surface area (Å²) in [6.45, 7) is 5.04. The van der Waals surface area contributed by atoms with Crippen LogP contribution in [0, 0.1) is 5.92 Å². The largest absolute Gasteiger partial charge is 0.416 e. The number of carbonyl (C=O) groups is 1. The summed E-state index contributed by atoms with van der Waals surface area (Å²) in [6, 6.07) is 3.75. The minimum absolute atomic E-state index is 0.221. The van der Waals surface area contributed by atoms with Crippen LogP contribution in [0.25, 0.3) is 0 Å². The molecule has 2 rings (SSSR count). The van der Waals surface area contributed by atoms with Crippen molar-refractivity contribution in [1.82, 2.24) is 9.62 Å². The molecule has 0 radical (unpaired) electrons. The minimum atomic E-state index is -4.65. The van der Waals surface area contributed by atoms with Crippen LogP contribution in [-0.4, -0.2) is 57.8 Å². The molecular weight excluding hydrogens is 469 g/mol. The first-order valence-corrected chi connectivity index (χ1v) is 13.6. The molecule has 1 heterocycles. The molecule has 182 valence electrons. The van der Waals surface area contributed by atoms with Crippen LogP contribution in [-0.2, 0) is 30.8 Å². The van der Waals surface area contributed by atoms with Gasteiger partial charge in [-0.05, 0) is 57.2 Å². The zero-order valence-electron chi connectivity index (χ0n) is 18.4. The number of hydrogen-bond donors (Lipinski definition) is 1. The summed E-state index contributed by atoms with van der Waals surface area (Å²) < 4.78 is 90.8. The van der Waals surface area contributed by atoms with Gasteiger partial charge in [0.1, 0.15) is 5.54 Å². The predicted octanol–water partition coefficient (Wildman–Crippen LogP) is 2.82. The Labute approximate surface area is 187 Å². The molecule has 1 atom stereocenters. The second-order valence-corrected chi connectivity index (χ2v) is 12.6. The Kier molecular flexibility index (Phi) is 7.73. The topological polar surface area (TPSA) is 101 Å². The van der Waals surface area contributed by atoms with Gasteiger partial charge < -0.3 is 4.90 Å². The van der Waals surface area contributed by atoms with E-state index in [0.29, 0.717) is 18.9 Å². The van der Waals surface area contributed by atoms with Gasteiger partial charge in [0, 0.05) is 13.1 Å². The first-order valence-electron chi connectivity index (χ1n) is 10.2. The van der Waals surface area contributed by atoms with Crippen molar-refractivity contribution in [2.75, 3.05) is 19.3 Å². The summed E-state index contributed by atoms with van der Waals surface area (Å²) >= 11 is 0. The number of sulfone groups is 1. The van der Waals surface area contributed by atoms with Crippen molar-refractivity contribution in [3.63, 3.8) is 0 Å². The SMILES string of the molecule is CCC(C1CCN(C(=O)C(C)(C)NS(C)(=O)=O)CC1)S(=O)(=O)c1cccc(C(F)(F)F)c1. The van der Waals surface area contributed by atoms with Crippen LogP contribution in [0.3, 0.4) is 0 Å². The highest BCUT2D eigenvalue weighted by Crippen LogP contribution is 2.35. The maximum atomic E-state index is 13.1. The molecule has 1 amide bonds. The smallest absolute Gasteiger partial charge is 0.341 e. The Balaban J connectivity index is 2.17. The number of hydrogen-bond acceptors (Lipinski definition) is 5. The van der Waals surface area contributed by atoms with Gasteiger partial charge in [-0.2, -0.15) is 13.2 Å². The zero-order chi connectivity index (χ0) is 24.5. The maximum absolute atomic E-state index is 13.1. The molecule has 32 heavy (non-hydrogen) atoms. The number of nitrogens with zero attached hydrogens (tertiary/aromatic N) is 1. The maximum Gasteiger partial charge on any atom is 0.416 e. The Bertz CT molecular complexity index is 1050. The van der Waals surface area contributed by atoms with E-state index < -0.39 is 48.3 Å². The number of benzene rings is 1. The molecule has 0 spiro atoms. The van der Waals surface area contributed by atoms with Crippen LogP contribution in [0.5, 0.6) is 0 Å². The van der Waals surface area contributed by atoms with Crippen LogP contribution in [0.2, 0.25) is 0 Å². The number of sulfonamides is 1. The monoisotopic (exact) mass is 498 g/mol. The molecule has 1 aromatic rings. The quantitative estimate of drug-likeness (QED) is 0.623. The number of alkyl halides is 3. The lowest BCUT2D eigenvalue weighted by atomic mass is 9.91. The van der Waals surface area contributed by atoms with Crippen molar-refractivity contribution < 1.29 is 34.8 Å². The van der Waals surface area contributed by atoms with Crippen LogP contribution in [0.4, 0.5) is 13.2 Å². The fourth-order valence-electron chi connectivity index (χ4n) is 4.21. The fraction of sp³-hybridized carbons (Fsp3) is 0.650. The number of nitrogens with one attached hydrogen (secondary N) is 1. The van der Waals surface area contributed by atoms with Crippen LogP contribution in [0.1, 0.15) is 45.6 Å². The minimum Gasteiger partial charge on any atom is -0.341 e. The van der Waals surface area contributed by atoms with Crippen LogP contribution in [0.15, 0.2) is 29.2 Å². The third kappa shape index (κ3) is 6.22. The number of rotatable bonds is 7. The van der Waals surface area contributed by atoms with Gasteiger partial charge in [-0.1, -0.05) is 13.0 Å². The summed E-state index contributed by atoms with van der Waals surface area (Å²) in [6.07, 6.45) is -2.78. The van der Waals surface area contributed by atoms with Crippen LogP contribution < -0.4 is 4.72 Å². The highest BCUT2D eigenvalue weighted by molar-refractivity contribution is 7.92. The van der Waals surface area contributed by atoms with Gasteiger partial charge in [0.2, 0.25) is 15.9 Å². The lowest BCUT2D eigenvalue weighted by Crippen LogP contribution is -2.57. The number of amides is 1. The van der Waals surface area contributed by atoms with Crippen molar-refractivity contribution in [1.29, 1.82) is 0 Å². The van der Waals surface area contributed by atoms with E-state index in [4.69, 9.17) is 0 Å². The average Bonchev–Trinajstić information content (AvgIpc) is 2.66. The van der Waals surface area contributed by atoms with E-state index in [-0.39, 0.29) is 30.3 Å². The number of carbonyl (C=O) groups excluding carboxylic acids is 1. The first-order chi connectivity index (χ1) is 14.5. The Morgan fingerprint density at radius 2 is 1.72 bits per heavy atom. The van der Waals surface area contributed by atoms with Gasteiger partial charge in [-0.25, -0.2) is 21.6 Å². The molecule has 1 fully saturated rings. The van der Waals surface area contributed by atoms with E-state index in [1.54, 1.807) is 6.92 Å². The molecule has 1 aliphatic heterocycles. The molecular formula is C20H29F3N2O5S2. The molecule has 1 unspecified atom stereocenters. The van der Waals surface area contributed by atoms with Crippen molar-refractivity contribution in [3.05, 3.63) is 29.8 Å². The average molecular weight is 499 g/mol. The van der Waals surface area contributed by atoms with Crippen molar-refractivity contribution in [2.45, 2.75) is 61.9 Å². The second kappa shape index (κ2) is 9.30. The highest BCUT2D eigenvalue weighted by atomic mass is 32.2. The van der Waals surface area contributed by atoms with E-state index in [2.05, 4.69) is 4.72 Å². The molecule has 0 aliphatic carbocycles. The van der Waals surface area contributed by atoms with E-state index in [1.807, 2.05) is 0 Å². The number of halogens is 3. The molecule has 1 aliphatic rings. The molecule has 1 N–H and O–H groups in total. The number of piperidine rings is 1. The molecule has 1 aromatic carbocycles. The van der Waals surface area contributed by atoms with Gasteiger partial charge >= 0.3 is 6.18 Å². The Morgan fingerprint density at radius 1 is 1.16 bits per heavy atom. The molecule has 0 saturated carbocycles. The summed E-state index contributed by atoms with van der Waals surface area (Å²) in [5.41, 5.74) is -2.37. The highest BCUT2D eigenvalue weighted by Gasteiger charge is 2.40. The summed E-state index contributed by atoms with van der Waals surface area (Å²) in [5, 5.41) is -0.884. The van der Waals surface area contributed by atoms with E-state index in [1.165, 1.54) is 24.8 Å². The number of likely N-dealkylation sites (tertiary alicyclic amines) is 1. The van der Waals surface area contributed by atoms with Crippen molar-refractivity contribution >= 4 is 25.8 Å². The van der Waals surface area contributed by atoms with Gasteiger partial charge in [-0.15, -0.1) is 0 Å². The normalized spacial score (nSPS) is 17.9. The third-order valence-electron chi connectivity index (χ3n) is 5.62. The van der Waals surface area contributed by atoms with E-state index in [0.717, 1.165) is 18.4 Å². The molecule has 12 heteroatoms. The fourth-order valence-corrected chi connectivity index (χ4v) is 7.35. The first kappa shape index (κ1) is 26.6. The van der Waals surface area contributed by atoms with Gasteiger partial charge in [0.25, 0.3) is 0 Å².